The summed E-state index contributed by atoms with van der Waals surface area (Å²) in [6.07, 6.45) is 3.31. The Bertz CT molecular complexity index is 771. The van der Waals surface area contributed by atoms with Crippen molar-refractivity contribution in [3.8, 4) is 5.75 Å². The molecule has 26 heavy (non-hydrogen) atoms. The third kappa shape index (κ3) is 5.03. The van der Waals surface area contributed by atoms with Gasteiger partial charge in [-0.25, -0.2) is 4.98 Å². The van der Waals surface area contributed by atoms with E-state index in [1.165, 1.54) is 18.3 Å². The molecular formula is C18H21N3O4S. The number of hydrogen-bond acceptors (Lipinski definition) is 6. The summed E-state index contributed by atoms with van der Waals surface area (Å²) < 4.78 is 11.5. The number of nitrogens with zero attached hydrogens (tertiary/aromatic N) is 1. The summed E-state index contributed by atoms with van der Waals surface area (Å²) in [5.74, 6) is 0.00476. The lowest BCUT2D eigenvalue weighted by atomic mass is 10.1. The van der Waals surface area contributed by atoms with Gasteiger partial charge < -0.3 is 20.1 Å². The zero-order valence-electron chi connectivity index (χ0n) is 14.5. The monoisotopic (exact) mass is 375 g/mol. The van der Waals surface area contributed by atoms with Crippen molar-refractivity contribution in [1.29, 1.82) is 0 Å². The Morgan fingerprint density at radius 3 is 2.92 bits per heavy atom. The van der Waals surface area contributed by atoms with Crippen LogP contribution >= 0.6 is 11.3 Å². The van der Waals surface area contributed by atoms with Gasteiger partial charge in [0.1, 0.15) is 18.1 Å². The van der Waals surface area contributed by atoms with E-state index >= 15 is 0 Å². The van der Waals surface area contributed by atoms with E-state index in [0.717, 1.165) is 25.9 Å². The maximum Gasteiger partial charge on any atom is 0.275 e. The van der Waals surface area contributed by atoms with Crippen molar-refractivity contribution in [2.45, 2.75) is 32.3 Å². The molecule has 1 aromatic carbocycles. The molecule has 0 saturated carbocycles. The van der Waals surface area contributed by atoms with Gasteiger partial charge in [-0.3, -0.25) is 9.59 Å². The number of hydrogen-bond donors (Lipinski definition) is 2. The second kappa shape index (κ2) is 8.77. The lowest BCUT2D eigenvalue weighted by Gasteiger charge is -2.23. The molecule has 0 aliphatic carbocycles. The third-order valence-corrected chi connectivity index (χ3v) is 4.61. The largest absolute Gasteiger partial charge is 0.489 e. The van der Waals surface area contributed by atoms with E-state index in [1.54, 1.807) is 11.4 Å². The van der Waals surface area contributed by atoms with Crippen molar-refractivity contribution in [3.05, 3.63) is 35.3 Å². The number of ether oxygens (including phenoxy) is 2. The van der Waals surface area contributed by atoms with Gasteiger partial charge in [-0.2, -0.15) is 0 Å². The number of para-hydroxylation sites is 2. The highest BCUT2D eigenvalue weighted by molar-refractivity contribution is 7.14. The van der Waals surface area contributed by atoms with Crippen LogP contribution in [0.2, 0.25) is 0 Å². The van der Waals surface area contributed by atoms with Gasteiger partial charge in [-0.05, 0) is 31.4 Å². The van der Waals surface area contributed by atoms with E-state index < -0.39 is 0 Å². The quantitative estimate of drug-likeness (QED) is 0.809. The molecule has 1 aliphatic heterocycles. The summed E-state index contributed by atoms with van der Waals surface area (Å²) >= 11 is 1.20. The fourth-order valence-corrected chi connectivity index (χ4v) is 3.33. The van der Waals surface area contributed by atoms with Crippen molar-refractivity contribution in [3.63, 3.8) is 0 Å². The highest BCUT2D eigenvalue weighted by Crippen LogP contribution is 2.26. The fraction of sp³-hybridized carbons (Fsp3) is 0.389. The van der Waals surface area contributed by atoms with E-state index in [4.69, 9.17) is 9.47 Å². The minimum absolute atomic E-state index is 0.0891. The van der Waals surface area contributed by atoms with Crippen molar-refractivity contribution >= 4 is 34.0 Å². The summed E-state index contributed by atoms with van der Waals surface area (Å²) in [6.45, 7) is 2.62. The molecule has 1 fully saturated rings. The Balaban J connectivity index is 1.62. The van der Waals surface area contributed by atoms with E-state index in [2.05, 4.69) is 15.6 Å². The molecule has 0 spiro atoms. The normalized spacial score (nSPS) is 16.7. The van der Waals surface area contributed by atoms with E-state index in [1.807, 2.05) is 18.2 Å². The SMILES string of the molecule is CC(=O)Nc1nc(C(=O)Nc2ccccc2OC[C@H]2CCCCO2)cs1. The van der Waals surface area contributed by atoms with Crippen LogP contribution in [0.1, 0.15) is 36.7 Å². The number of carbonyl (C=O) groups excluding carboxylic acids is 2. The number of nitrogens with one attached hydrogen (secondary N) is 2. The van der Waals surface area contributed by atoms with E-state index in [-0.39, 0.29) is 23.6 Å². The standard InChI is InChI=1S/C18H21N3O4S/c1-12(22)19-18-21-15(11-26-18)17(23)20-14-7-2-3-8-16(14)25-10-13-6-4-5-9-24-13/h2-3,7-8,11,13H,4-6,9-10H2,1H3,(H,20,23)(H,19,21,22)/t13-/m1/s1. The van der Waals surface area contributed by atoms with Gasteiger partial charge in [0.05, 0.1) is 11.8 Å². The number of benzene rings is 1. The average molecular weight is 375 g/mol. The third-order valence-electron chi connectivity index (χ3n) is 3.85. The van der Waals surface area contributed by atoms with Crippen LogP contribution in [-0.4, -0.2) is 36.1 Å². The molecule has 138 valence electrons. The Morgan fingerprint density at radius 2 is 2.15 bits per heavy atom. The van der Waals surface area contributed by atoms with Gasteiger partial charge in [-0.1, -0.05) is 12.1 Å². The van der Waals surface area contributed by atoms with Crippen LogP contribution in [0.15, 0.2) is 29.6 Å². The molecule has 0 unspecified atom stereocenters. The number of anilines is 2. The first-order valence-corrected chi connectivity index (χ1v) is 9.37. The molecule has 2 N–H and O–H groups in total. The molecular weight excluding hydrogens is 354 g/mol. The Hall–Kier alpha value is -2.45. The molecule has 1 aromatic heterocycles. The molecule has 2 amide bonds. The van der Waals surface area contributed by atoms with Gasteiger partial charge in [-0.15, -0.1) is 11.3 Å². The predicted molar refractivity (Wildman–Crippen MR) is 99.9 cm³/mol. The molecule has 7 nitrogen and oxygen atoms in total. The average Bonchev–Trinajstić information content (AvgIpc) is 3.10. The van der Waals surface area contributed by atoms with Gasteiger partial charge >= 0.3 is 0 Å². The molecule has 3 rings (SSSR count). The predicted octanol–water partition coefficient (Wildman–Crippen LogP) is 3.30. The van der Waals surface area contributed by atoms with Crippen molar-refractivity contribution in [1.82, 2.24) is 4.98 Å². The minimum atomic E-state index is -0.359. The van der Waals surface area contributed by atoms with Crippen LogP contribution in [0.25, 0.3) is 0 Å². The molecule has 2 aromatic rings. The summed E-state index contributed by atoms with van der Waals surface area (Å²) in [4.78, 5) is 27.6. The Kier molecular flexibility index (Phi) is 6.19. The Labute approximate surface area is 155 Å². The van der Waals surface area contributed by atoms with Crippen LogP contribution < -0.4 is 15.4 Å². The second-order valence-electron chi connectivity index (χ2n) is 5.97. The first kappa shape index (κ1) is 18.3. The number of thiazole rings is 1. The summed E-state index contributed by atoms with van der Waals surface area (Å²) in [5, 5.41) is 7.36. The van der Waals surface area contributed by atoms with Crippen LogP contribution in [0, 0.1) is 0 Å². The van der Waals surface area contributed by atoms with Gasteiger partial charge in [0.25, 0.3) is 5.91 Å². The maximum absolute atomic E-state index is 12.4. The van der Waals surface area contributed by atoms with Crippen molar-refractivity contribution < 1.29 is 19.1 Å². The fourth-order valence-electron chi connectivity index (χ4n) is 2.59. The zero-order valence-corrected chi connectivity index (χ0v) is 15.3. The molecule has 1 atom stereocenters. The van der Waals surface area contributed by atoms with E-state index in [9.17, 15) is 9.59 Å². The number of carbonyl (C=O) groups is 2. The second-order valence-corrected chi connectivity index (χ2v) is 6.83. The first-order valence-electron chi connectivity index (χ1n) is 8.49. The van der Waals surface area contributed by atoms with Gasteiger partial charge in [0.2, 0.25) is 5.91 Å². The van der Waals surface area contributed by atoms with Crippen molar-refractivity contribution in [2.75, 3.05) is 23.8 Å². The molecule has 1 saturated heterocycles. The topological polar surface area (TPSA) is 89.6 Å². The molecule has 8 heteroatoms. The molecule has 0 bridgehead atoms. The smallest absolute Gasteiger partial charge is 0.275 e. The number of rotatable bonds is 6. The summed E-state index contributed by atoms with van der Waals surface area (Å²) in [7, 11) is 0. The summed E-state index contributed by atoms with van der Waals surface area (Å²) in [5.41, 5.74) is 0.812. The molecule has 2 heterocycles. The van der Waals surface area contributed by atoms with E-state index in [0.29, 0.717) is 23.2 Å². The lowest BCUT2D eigenvalue weighted by molar-refractivity contribution is -0.114. The number of aromatic nitrogens is 1. The van der Waals surface area contributed by atoms with Crippen molar-refractivity contribution in [2.24, 2.45) is 0 Å². The molecule has 1 aliphatic rings. The highest BCUT2D eigenvalue weighted by Gasteiger charge is 2.17. The van der Waals surface area contributed by atoms with Crippen LogP contribution in [0.4, 0.5) is 10.8 Å². The minimum Gasteiger partial charge on any atom is -0.489 e. The Morgan fingerprint density at radius 1 is 1.31 bits per heavy atom. The van der Waals surface area contributed by atoms with Crippen LogP contribution in [0.5, 0.6) is 5.75 Å². The van der Waals surface area contributed by atoms with Crippen LogP contribution in [-0.2, 0) is 9.53 Å². The zero-order chi connectivity index (χ0) is 18.4. The number of amides is 2. The lowest BCUT2D eigenvalue weighted by Crippen LogP contribution is -2.26. The van der Waals surface area contributed by atoms with Gasteiger partial charge in [0, 0.05) is 18.9 Å². The van der Waals surface area contributed by atoms with Gasteiger partial charge in [0.15, 0.2) is 5.13 Å². The molecule has 0 radical (unpaired) electrons. The maximum atomic E-state index is 12.4. The summed E-state index contributed by atoms with van der Waals surface area (Å²) in [6, 6.07) is 7.26. The van der Waals surface area contributed by atoms with Crippen LogP contribution in [0.3, 0.4) is 0 Å². The highest BCUT2D eigenvalue weighted by atomic mass is 32.1. The first-order chi connectivity index (χ1) is 12.6.